The second-order valence-electron chi connectivity index (χ2n) is 3.91. The highest BCUT2D eigenvalue weighted by Gasteiger charge is 2.37. The van der Waals surface area contributed by atoms with Crippen molar-refractivity contribution in [1.29, 1.82) is 0 Å². The van der Waals surface area contributed by atoms with E-state index in [4.69, 9.17) is 4.74 Å². The van der Waals surface area contributed by atoms with Gasteiger partial charge in [-0.1, -0.05) is 35.0 Å². The summed E-state index contributed by atoms with van der Waals surface area (Å²) in [6.07, 6.45) is 0.481. The molecule has 1 aromatic carbocycles. The number of cyclic esters (lactones) is 1. The van der Waals surface area contributed by atoms with Crippen LogP contribution in [-0.4, -0.2) is 12.6 Å². The largest absolute Gasteiger partial charge is 0.465 e. The molecule has 2 nitrogen and oxygen atoms in total. The predicted octanol–water partition coefficient (Wildman–Crippen LogP) is 2.65. The normalized spacial score (nSPS) is 26.3. The quantitative estimate of drug-likeness (QED) is 0.721. The molecule has 0 aromatic heterocycles. The van der Waals surface area contributed by atoms with Crippen molar-refractivity contribution >= 4 is 21.9 Å². The maximum Gasteiger partial charge on any atom is 0.306 e. The first-order valence-electron chi connectivity index (χ1n) is 4.52. The van der Waals surface area contributed by atoms with E-state index in [-0.39, 0.29) is 11.4 Å². The summed E-state index contributed by atoms with van der Waals surface area (Å²) in [4.78, 5) is 11.1. The molecule has 0 N–H and O–H groups in total. The summed E-state index contributed by atoms with van der Waals surface area (Å²) in [6, 6.07) is 8.05. The number of benzene rings is 1. The van der Waals surface area contributed by atoms with Crippen LogP contribution in [0, 0.1) is 0 Å². The third-order valence-electron chi connectivity index (χ3n) is 2.63. The average Bonchev–Trinajstić information content (AvgIpc) is 2.48. The van der Waals surface area contributed by atoms with Gasteiger partial charge in [0.25, 0.3) is 0 Å². The first kappa shape index (κ1) is 9.71. The van der Waals surface area contributed by atoms with Crippen LogP contribution in [0.5, 0.6) is 0 Å². The van der Waals surface area contributed by atoms with E-state index in [9.17, 15) is 4.79 Å². The van der Waals surface area contributed by atoms with Crippen LogP contribution in [0.1, 0.15) is 18.9 Å². The Morgan fingerprint density at radius 2 is 2.00 bits per heavy atom. The Kier molecular flexibility index (Phi) is 2.35. The average molecular weight is 255 g/mol. The standard InChI is InChI=1S/C11H11BrO2/c1-11(6-10(13)14-7-11)8-2-4-9(12)5-3-8/h2-5H,6-7H2,1H3. The molecule has 0 amide bonds. The monoisotopic (exact) mass is 254 g/mol. The van der Waals surface area contributed by atoms with Crippen LogP contribution in [0.4, 0.5) is 0 Å². The minimum Gasteiger partial charge on any atom is -0.465 e. The van der Waals surface area contributed by atoms with E-state index in [0.717, 1.165) is 10.0 Å². The maximum absolute atomic E-state index is 11.1. The Hall–Kier alpha value is -0.830. The van der Waals surface area contributed by atoms with Gasteiger partial charge in [0.05, 0.1) is 6.42 Å². The summed E-state index contributed by atoms with van der Waals surface area (Å²) >= 11 is 3.39. The zero-order valence-electron chi connectivity index (χ0n) is 7.92. The number of hydrogen-bond donors (Lipinski definition) is 0. The number of carbonyl (C=O) groups is 1. The molecule has 2 rings (SSSR count). The van der Waals surface area contributed by atoms with Gasteiger partial charge in [-0.2, -0.15) is 0 Å². The van der Waals surface area contributed by atoms with Crippen LogP contribution in [-0.2, 0) is 14.9 Å². The molecule has 1 fully saturated rings. The lowest BCUT2D eigenvalue weighted by molar-refractivity contribution is -0.137. The number of carbonyl (C=O) groups excluding carboxylic acids is 1. The van der Waals surface area contributed by atoms with Gasteiger partial charge >= 0.3 is 5.97 Å². The molecule has 1 heterocycles. The van der Waals surface area contributed by atoms with Crippen LogP contribution in [0.15, 0.2) is 28.7 Å². The van der Waals surface area contributed by atoms with E-state index in [1.807, 2.05) is 24.3 Å². The second-order valence-corrected chi connectivity index (χ2v) is 4.82. The van der Waals surface area contributed by atoms with Crippen LogP contribution in [0.2, 0.25) is 0 Å². The molecule has 0 spiro atoms. The lowest BCUT2D eigenvalue weighted by Crippen LogP contribution is -2.21. The van der Waals surface area contributed by atoms with Crippen molar-refractivity contribution in [3.05, 3.63) is 34.3 Å². The van der Waals surface area contributed by atoms with Crippen molar-refractivity contribution in [1.82, 2.24) is 0 Å². The van der Waals surface area contributed by atoms with Crippen LogP contribution < -0.4 is 0 Å². The van der Waals surface area contributed by atoms with Crippen LogP contribution >= 0.6 is 15.9 Å². The van der Waals surface area contributed by atoms with Crippen molar-refractivity contribution in [2.45, 2.75) is 18.8 Å². The fourth-order valence-electron chi connectivity index (χ4n) is 1.70. The molecule has 3 heteroatoms. The van der Waals surface area contributed by atoms with Crippen LogP contribution in [0.25, 0.3) is 0 Å². The van der Waals surface area contributed by atoms with Gasteiger partial charge in [-0.3, -0.25) is 4.79 Å². The summed E-state index contributed by atoms with van der Waals surface area (Å²) in [7, 11) is 0. The minimum atomic E-state index is -0.141. The van der Waals surface area contributed by atoms with Gasteiger partial charge in [0.1, 0.15) is 6.61 Å². The highest BCUT2D eigenvalue weighted by molar-refractivity contribution is 9.10. The molecular weight excluding hydrogens is 244 g/mol. The lowest BCUT2D eigenvalue weighted by atomic mass is 9.82. The third-order valence-corrected chi connectivity index (χ3v) is 3.16. The number of rotatable bonds is 1. The molecule has 74 valence electrons. The third kappa shape index (κ3) is 1.69. The highest BCUT2D eigenvalue weighted by Crippen LogP contribution is 2.33. The van der Waals surface area contributed by atoms with E-state index in [1.165, 1.54) is 0 Å². The summed E-state index contributed by atoms with van der Waals surface area (Å²) in [5, 5.41) is 0. The molecule has 1 aliphatic rings. The Morgan fingerprint density at radius 1 is 1.36 bits per heavy atom. The second kappa shape index (κ2) is 3.39. The topological polar surface area (TPSA) is 26.3 Å². The van der Waals surface area contributed by atoms with E-state index < -0.39 is 0 Å². The fourth-order valence-corrected chi connectivity index (χ4v) is 1.96. The van der Waals surface area contributed by atoms with Gasteiger partial charge in [-0.15, -0.1) is 0 Å². The highest BCUT2D eigenvalue weighted by atomic mass is 79.9. The molecule has 1 saturated heterocycles. The predicted molar refractivity (Wildman–Crippen MR) is 57.1 cm³/mol. The van der Waals surface area contributed by atoms with Gasteiger partial charge in [0.2, 0.25) is 0 Å². The lowest BCUT2D eigenvalue weighted by Gasteiger charge is -2.20. The molecule has 1 unspecified atom stereocenters. The van der Waals surface area contributed by atoms with Crippen LogP contribution in [0.3, 0.4) is 0 Å². The zero-order valence-corrected chi connectivity index (χ0v) is 9.50. The summed E-state index contributed by atoms with van der Waals surface area (Å²) < 4.78 is 6.05. The fraction of sp³-hybridized carbons (Fsp3) is 0.364. The molecule has 14 heavy (non-hydrogen) atoms. The summed E-state index contributed by atoms with van der Waals surface area (Å²) in [5.41, 5.74) is 1.02. The maximum atomic E-state index is 11.1. The molecule has 1 aliphatic heterocycles. The van der Waals surface area contributed by atoms with Gasteiger partial charge in [0.15, 0.2) is 0 Å². The van der Waals surface area contributed by atoms with Crippen molar-refractivity contribution < 1.29 is 9.53 Å². The minimum absolute atomic E-state index is 0.101. The van der Waals surface area contributed by atoms with E-state index >= 15 is 0 Å². The van der Waals surface area contributed by atoms with E-state index in [1.54, 1.807) is 0 Å². The Balaban J connectivity index is 2.30. The Morgan fingerprint density at radius 3 is 2.50 bits per heavy atom. The smallest absolute Gasteiger partial charge is 0.306 e. The summed E-state index contributed by atoms with van der Waals surface area (Å²) in [5.74, 6) is -0.101. The van der Waals surface area contributed by atoms with Crippen molar-refractivity contribution in [3.8, 4) is 0 Å². The molecule has 0 radical (unpaired) electrons. The molecule has 0 bridgehead atoms. The van der Waals surface area contributed by atoms with Gasteiger partial charge in [-0.05, 0) is 17.7 Å². The zero-order chi connectivity index (χ0) is 10.2. The number of halogens is 1. The van der Waals surface area contributed by atoms with E-state index in [2.05, 4.69) is 22.9 Å². The molecule has 0 aliphatic carbocycles. The number of ether oxygens (including phenoxy) is 1. The number of esters is 1. The Labute approximate surface area is 91.4 Å². The summed E-state index contributed by atoms with van der Waals surface area (Å²) in [6.45, 7) is 2.55. The van der Waals surface area contributed by atoms with Crippen molar-refractivity contribution in [2.75, 3.05) is 6.61 Å². The number of hydrogen-bond acceptors (Lipinski definition) is 2. The molecule has 0 saturated carbocycles. The van der Waals surface area contributed by atoms with Gasteiger partial charge in [0, 0.05) is 9.89 Å². The molecule has 1 aromatic rings. The molecule has 1 atom stereocenters. The Bertz CT molecular complexity index is 358. The van der Waals surface area contributed by atoms with Gasteiger partial charge in [-0.25, -0.2) is 0 Å². The van der Waals surface area contributed by atoms with Gasteiger partial charge < -0.3 is 4.74 Å². The van der Waals surface area contributed by atoms with Crippen molar-refractivity contribution in [2.24, 2.45) is 0 Å². The first-order chi connectivity index (χ1) is 6.60. The van der Waals surface area contributed by atoms with Crippen molar-refractivity contribution in [3.63, 3.8) is 0 Å². The SMILES string of the molecule is CC1(c2ccc(Br)cc2)COC(=O)C1. The molecular formula is C11H11BrO2. The first-order valence-corrected chi connectivity index (χ1v) is 5.31. The van der Waals surface area contributed by atoms with E-state index in [0.29, 0.717) is 13.0 Å².